The van der Waals surface area contributed by atoms with Gasteiger partial charge < -0.3 is 10.6 Å². The molecule has 0 saturated carbocycles. The van der Waals surface area contributed by atoms with Crippen LogP contribution in [0.2, 0.25) is 5.02 Å². The smallest absolute Gasteiger partial charge is 0.314 e. The number of hydrogen-bond acceptors (Lipinski definition) is 1. The van der Waals surface area contributed by atoms with E-state index in [2.05, 4.69) is 24.5 Å². The van der Waals surface area contributed by atoms with Crippen LogP contribution in [-0.2, 0) is 0 Å². The molecule has 1 rings (SSSR count). The van der Waals surface area contributed by atoms with Crippen molar-refractivity contribution < 1.29 is 4.79 Å². The average Bonchev–Trinajstić information content (AvgIpc) is 2.30. The monoisotopic (exact) mass is 266 g/mol. The van der Waals surface area contributed by atoms with Gasteiger partial charge in [0.05, 0.1) is 0 Å². The Labute approximate surface area is 113 Å². The van der Waals surface area contributed by atoms with Crippen molar-refractivity contribution in [2.24, 2.45) is 5.92 Å². The van der Waals surface area contributed by atoms with E-state index in [1.54, 1.807) is 18.3 Å². The number of halogens is 1. The number of urea groups is 1. The van der Waals surface area contributed by atoms with Crippen molar-refractivity contribution >= 4 is 23.3 Å². The molecule has 0 bridgehead atoms. The van der Waals surface area contributed by atoms with Gasteiger partial charge in [-0.15, -0.1) is 0 Å². The van der Waals surface area contributed by atoms with Gasteiger partial charge in [-0.2, -0.15) is 0 Å². The number of hydrogen-bond donors (Lipinski definition) is 2. The van der Waals surface area contributed by atoms with Crippen LogP contribution in [0, 0.1) is 12.8 Å². The third kappa shape index (κ3) is 4.41. The summed E-state index contributed by atoms with van der Waals surface area (Å²) in [4.78, 5) is 11.7. The van der Waals surface area contributed by atoms with Crippen molar-refractivity contribution in [3.8, 4) is 0 Å². The molecule has 0 unspecified atom stereocenters. The fourth-order valence-electron chi connectivity index (χ4n) is 1.23. The number of aryl methyl sites for hydroxylation is 1. The predicted octanol–water partition coefficient (Wildman–Crippen LogP) is 4.33. The second-order valence-corrected chi connectivity index (χ2v) is 5.04. The summed E-state index contributed by atoms with van der Waals surface area (Å²) in [7, 11) is 0. The zero-order valence-electron chi connectivity index (χ0n) is 11.2. The number of benzene rings is 1. The largest absolute Gasteiger partial charge is 0.323 e. The second-order valence-electron chi connectivity index (χ2n) is 4.60. The highest BCUT2D eigenvalue weighted by molar-refractivity contribution is 6.31. The van der Waals surface area contributed by atoms with Crippen molar-refractivity contribution in [2.45, 2.75) is 27.7 Å². The first-order valence-electron chi connectivity index (χ1n) is 5.90. The Balaban J connectivity index is 2.65. The lowest BCUT2D eigenvalue weighted by Crippen LogP contribution is -2.25. The Bertz CT molecular complexity index is 467. The predicted molar refractivity (Wildman–Crippen MR) is 76.9 cm³/mol. The van der Waals surface area contributed by atoms with Crippen LogP contribution in [0.4, 0.5) is 10.5 Å². The Kier molecular flexibility index (Phi) is 5.23. The molecule has 0 aliphatic rings. The zero-order chi connectivity index (χ0) is 13.7. The number of amides is 2. The fourth-order valence-corrected chi connectivity index (χ4v) is 1.41. The summed E-state index contributed by atoms with van der Waals surface area (Å²) in [5.74, 6) is 0.415. The van der Waals surface area contributed by atoms with Crippen LogP contribution < -0.4 is 10.6 Å². The Morgan fingerprint density at radius 1 is 1.39 bits per heavy atom. The Morgan fingerprint density at radius 3 is 2.67 bits per heavy atom. The van der Waals surface area contributed by atoms with E-state index < -0.39 is 0 Å². The van der Waals surface area contributed by atoms with Gasteiger partial charge in [-0.05, 0) is 37.5 Å². The van der Waals surface area contributed by atoms with Gasteiger partial charge in [0.1, 0.15) is 0 Å². The van der Waals surface area contributed by atoms with E-state index in [1.807, 2.05) is 19.9 Å². The summed E-state index contributed by atoms with van der Waals surface area (Å²) in [6.45, 7) is 8.05. The number of carbonyl (C=O) groups excluding carboxylic acids is 1. The normalized spacial score (nSPS) is 11.6. The van der Waals surface area contributed by atoms with Gasteiger partial charge in [0.15, 0.2) is 0 Å². The van der Waals surface area contributed by atoms with Gasteiger partial charge in [0, 0.05) is 16.9 Å². The van der Waals surface area contributed by atoms with Crippen LogP contribution in [0.5, 0.6) is 0 Å². The first-order chi connectivity index (χ1) is 8.40. The van der Waals surface area contributed by atoms with Crippen molar-refractivity contribution in [1.29, 1.82) is 0 Å². The molecule has 0 atom stereocenters. The molecule has 1 aromatic rings. The van der Waals surface area contributed by atoms with E-state index in [0.717, 1.165) is 16.8 Å². The maximum atomic E-state index is 11.7. The van der Waals surface area contributed by atoms with E-state index in [1.165, 1.54) is 0 Å². The minimum atomic E-state index is -0.264. The number of rotatable bonds is 3. The van der Waals surface area contributed by atoms with Gasteiger partial charge in [-0.3, -0.25) is 0 Å². The van der Waals surface area contributed by atoms with Gasteiger partial charge in [0.25, 0.3) is 0 Å². The molecule has 1 aromatic carbocycles. The van der Waals surface area contributed by atoms with Gasteiger partial charge in [-0.1, -0.05) is 37.1 Å². The van der Waals surface area contributed by atoms with Crippen LogP contribution in [0.1, 0.15) is 26.3 Å². The minimum Gasteiger partial charge on any atom is -0.314 e. The standard InChI is InChI=1S/C14H19ClN2O/c1-9(2)11(4)8-16-14(18)17-13-7-12(15)6-5-10(13)3/h5-9H,1-4H3,(H2,16,17,18)/b11-8+. The number of anilines is 1. The highest BCUT2D eigenvalue weighted by Gasteiger charge is 2.04. The summed E-state index contributed by atoms with van der Waals surface area (Å²) in [6, 6.07) is 5.13. The molecule has 0 heterocycles. The first kappa shape index (κ1) is 14.6. The maximum absolute atomic E-state index is 11.7. The van der Waals surface area contributed by atoms with Crippen LogP contribution in [0.3, 0.4) is 0 Å². The molecule has 18 heavy (non-hydrogen) atoms. The van der Waals surface area contributed by atoms with E-state index >= 15 is 0 Å². The Morgan fingerprint density at radius 2 is 2.06 bits per heavy atom. The SMILES string of the molecule is C/C(=C\NC(=O)Nc1cc(Cl)ccc1C)C(C)C. The summed E-state index contributed by atoms with van der Waals surface area (Å²) in [5, 5.41) is 6.07. The molecule has 2 amide bonds. The molecule has 0 aromatic heterocycles. The van der Waals surface area contributed by atoms with Gasteiger partial charge in [0.2, 0.25) is 0 Å². The van der Waals surface area contributed by atoms with Crippen LogP contribution >= 0.6 is 11.6 Å². The van der Waals surface area contributed by atoms with E-state index in [-0.39, 0.29) is 6.03 Å². The summed E-state index contributed by atoms with van der Waals surface area (Å²) in [6.07, 6.45) is 1.72. The van der Waals surface area contributed by atoms with Crippen molar-refractivity contribution in [3.05, 3.63) is 40.6 Å². The van der Waals surface area contributed by atoms with Crippen LogP contribution in [0.25, 0.3) is 0 Å². The number of nitrogens with one attached hydrogen (secondary N) is 2. The highest BCUT2D eigenvalue weighted by atomic mass is 35.5. The third-order valence-corrected chi connectivity index (χ3v) is 3.02. The maximum Gasteiger partial charge on any atom is 0.323 e. The topological polar surface area (TPSA) is 41.1 Å². The quantitative estimate of drug-likeness (QED) is 0.840. The molecule has 4 heteroatoms. The minimum absolute atomic E-state index is 0.264. The lowest BCUT2D eigenvalue weighted by atomic mass is 10.1. The number of carbonyl (C=O) groups is 1. The van der Waals surface area contributed by atoms with E-state index in [9.17, 15) is 4.79 Å². The van der Waals surface area contributed by atoms with Gasteiger partial charge >= 0.3 is 6.03 Å². The van der Waals surface area contributed by atoms with Crippen LogP contribution in [0.15, 0.2) is 30.0 Å². The second kappa shape index (κ2) is 6.45. The first-order valence-corrected chi connectivity index (χ1v) is 6.28. The van der Waals surface area contributed by atoms with Gasteiger partial charge in [-0.25, -0.2) is 4.79 Å². The fraction of sp³-hybridized carbons (Fsp3) is 0.357. The Hall–Kier alpha value is -1.48. The third-order valence-electron chi connectivity index (χ3n) is 2.79. The molecule has 0 spiro atoms. The zero-order valence-corrected chi connectivity index (χ0v) is 11.9. The van der Waals surface area contributed by atoms with E-state index in [4.69, 9.17) is 11.6 Å². The number of allylic oxidation sites excluding steroid dienone is 1. The van der Waals surface area contributed by atoms with Crippen molar-refractivity contribution in [3.63, 3.8) is 0 Å². The molecule has 0 radical (unpaired) electrons. The van der Waals surface area contributed by atoms with E-state index in [0.29, 0.717) is 10.9 Å². The molecule has 0 aliphatic carbocycles. The average molecular weight is 267 g/mol. The molecule has 3 nitrogen and oxygen atoms in total. The van der Waals surface area contributed by atoms with Crippen LogP contribution in [-0.4, -0.2) is 6.03 Å². The molecule has 2 N–H and O–H groups in total. The summed E-state index contributed by atoms with van der Waals surface area (Å²) in [5.41, 5.74) is 2.81. The van der Waals surface area contributed by atoms with Crippen molar-refractivity contribution in [2.75, 3.05) is 5.32 Å². The molecule has 0 fully saturated rings. The molecule has 0 saturated heterocycles. The lowest BCUT2D eigenvalue weighted by molar-refractivity contribution is 0.255. The molecular weight excluding hydrogens is 248 g/mol. The molecular formula is C14H19ClN2O. The lowest BCUT2D eigenvalue weighted by Gasteiger charge is -2.10. The molecule has 0 aliphatic heterocycles. The van der Waals surface area contributed by atoms with Crippen molar-refractivity contribution in [1.82, 2.24) is 5.32 Å². The summed E-state index contributed by atoms with van der Waals surface area (Å²) >= 11 is 5.89. The molecule has 98 valence electrons. The highest BCUT2D eigenvalue weighted by Crippen LogP contribution is 2.19. The summed E-state index contributed by atoms with van der Waals surface area (Å²) < 4.78 is 0.